The van der Waals surface area contributed by atoms with Crippen LogP contribution in [-0.2, 0) is 17.8 Å². The Kier molecular flexibility index (Phi) is 5.68. The Labute approximate surface area is 192 Å². The van der Waals surface area contributed by atoms with Gasteiger partial charge in [-0.15, -0.1) is 0 Å². The molecule has 1 fully saturated rings. The predicted octanol–water partition coefficient (Wildman–Crippen LogP) is 2.67. The summed E-state index contributed by atoms with van der Waals surface area (Å²) in [5.41, 5.74) is 5.49. The van der Waals surface area contributed by atoms with E-state index in [0.29, 0.717) is 12.2 Å². The van der Waals surface area contributed by atoms with Gasteiger partial charge in [0.15, 0.2) is 0 Å². The van der Waals surface area contributed by atoms with Crippen molar-refractivity contribution in [3.63, 3.8) is 0 Å². The predicted molar refractivity (Wildman–Crippen MR) is 126 cm³/mol. The van der Waals surface area contributed by atoms with E-state index in [4.69, 9.17) is 5.11 Å². The number of benzene rings is 2. The first-order chi connectivity index (χ1) is 16.0. The lowest BCUT2D eigenvalue weighted by Crippen LogP contribution is -2.32. The topological polar surface area (TPSA) is 98.7 Å². The van der Waals surface area contributed by atoms with Crippen LogP contribution in [0.1, 0.15) is 39.9 Å². The number of hydrogen-bond acceptors (Lipinski definition) is 6. The minimum absolute atomic E-state index is 0.111. The molecule has 0 bridgehead atoms. The molecule has 8 nitrogen and oxygen atoms in total. The Morgan fingerprint density at radius 3 is 2.67 bits per heavy atom. The molecular weight excluding hydrogens is 418 g/mol. The zero-order valence-electron chi connectivity index (χ0n) is 18.7. The van der Waals surface area contributed by atoms with Gasteiger partial charge in [0.2, 0.25) is 5.91 Å². The van der Waals surface area contributed by atoms with E-state index in [2.05, 4.69) is 26.3 Å². The lowest BCUT2D eigenvalue weighted by atomic mass is 9.96. The highest BCUT2D eigenvalue weighted by Gasteiger charge is 2.24. The number of aliphatic hydroxyl groups excluding tert-OH is 1. The van der Waals surface area contributed by atoms with Gasteiger partial charge >= 0.3 is 0 Å². The highest BCUT2D eigenvalue weighted by Crippen LogP contribution is 2.32. The van der Waals surface area contributed by atoms with Crippen LogP contribution in [-0.4, -0.2) is 58.0 Å². The molecule has 3 heterocycles. The van der Waals surface area contributed by atoms with Gasteiger partial charge in [0.1, 0.15) is 18.8 Å². The van der Waals surface area contributed by atoms with Crippen LogP contribution in [0.3, 0.4) is 0 Å². The summed E-state index contributed by atoms with van der Waals surface area (Å²) in [5.74, 6) is 0.444. The van der Waals surface area contributed by atoms with E-state index < -0.39 is 12.5 Å². The molecule has 2 aliphatic rings. The van der Waals surface area contributed by atoms with Gasteiger partial charge in [0, 0.05) is 42.8 Å². The fourth-order valence-electron chi connectivity index (χ4n) is 4.83. The third-order valence-corrected chi connectivity index (χ3v) is 6.49. The van der Waals surface area contributed by atoms with E-state index in [9.17, 15) is 9.59 Å². The first kappa shape index (κ1) is 21.3. The molecule has 1 aromatic heterocycles. The molecule has 0 aliphatic carbocycles. The van der Waals surface area contributed by atoms with Crippen molar-refractivity contribution in [2.24, 2.45) is 0 Å². The average molecular weight is 446 g/mol. The minimum Gasteiger partial charge on any atom is -0.387 e. The molecule has 2 amide bonds. The summed E-state index contributed by atoms with van der Waals surface area (Å²) in [4.78, 5) is 37.8. The van der Waals surface area contributed by atoms with Crippen molar-refractivity contribution in [1.82, 2.24) is 14.9 Å². The number of carbonyl (C=O) groups is 2. The van der Waals surface area contributed by atoms with Crippen molar-refractivity contribution < 1.29 is 14.7 Å². The number of aromatic nitrogens is 2. The molecule has 0 spiro atoms. The zero-order valence-corrected chi connectivity index (χ0v) is 18.7. The number of nitrogens with one attached hydrogen (secondary N) is 1. The fourth-order valence-corrected chi connectivity index (χ4v) is 4.83. The Hall–Kier alpha value is -3.52. The van der Waals surface area contributed by atoms with Crippen LogP contribution < -0.4 is 10.2 Å². The summed E-state index contributed by atoms with van der Waals surface area (Å²) < 4.78 is 0. The molecule has 8 heteroatoms. The number of fused-ring (bicyclic) bond motifs is 2. The highest BCUT2D eigenvalue weighted by atomic mass is 16.3. The van der Waals surface area contributed by atoms with Crippen molar-refractivity contribution >= 4 is 34.2 Å². The Morgan fingerprint density at radius 1 is 1.06 bits per heavy atom. The van der Waals surface area contributed by atoms with Crippen molar-refractivity contribution in [2.75, 3.05) is 36.5 Å². The van der Waals surface area contributed by atoms with Crippen LogP contribution in [0.5, 0.6) is 0 Å². The van der Waals surface area contributed by atoms with Crippen LogP contribution in [0.15, 0.2) is 36.7 Å². The van der Waals surface area contributed by atoms with E-state index in [1.807, 2.05) is 36.1 Å². The van der Waals surface area contributed by atoms with Crippen LogP contribution in [0.4, 0.5) is 11.5 Å². The number of likely N-dealkylation sites (tertiary alicyclic amines) is 1. The van der Waals surface area contributed by atoms with Gasteiger partial charge in [-0.25, -0.2) is 9.97 Å². The van der Waals surface area contributed by atoms with Crippen molar-refractivity contribution in [1.29, 1.82) is 0 Å². The number of amides is 2. The van der Waals surface area contributed by atoms with E-state index in [1.54, 1.807) is 6.33 Å². The van der Waals surface area contributed by atoms with Crippen LogP contribution in [0, 0.1) is 6.92 Å². The lowest BCUT2D eigenvalue weighted by Gasteiger charge is -2.31. The second-order valence-electron chi connectivity index (χ2n) is 8.75. The van der Waals surface area contributed by atoms with Crippen LogP contribution >= 0.6 is 0 Å². The van der Waals surface area contributed by atoms with Gasteiger partial charge in [0.25, 0.3) is 5.91 Å². The van der Waals surface area contributed by atoms with Gasteiger partial charge < -0.3 is 20.2 Å². The fraction of sp³-hybridized carbons (Fsp3) is 0.360. The molecule has 5 rings (SSSR count). The summed E-state index contributed by atoms with van der Waals surface area (Å²) >= 11 is 0. The van der Waals surface area contributed by atoms with E-state index in [0.717, 1.165) is 72.3 Å². The smallest absolute Gasteiger partial charge is 0.253 e. The monoisotopic (exact) mass is 445 g/mol. The van der Waals surface area contributed by atoms with E-state index in [-0.39, 0.29) is 5.91 Å². The molecule has 0 radical (unpaired) electrons. The average Bonchev–Trinajstić information content (AvgIpc) is 3.37. The molecule has 2 aliphatic heterocycles. The number of rotatable bonds is 4. The number of anilines is 2. The third-order valence-electron chi connectivity index (χ3n) is 6.49. The molecule has 2 aromatic carbocycles. The van der Waals surface area contributed by atoms with Crippen molar-refractivity contribution in [3.05, 3.63) is 58.9 Å². The summed E-state index contributed by atoms with van der Waals surface area (Å²) in [7, 11) is 0. The summed E-state index contributed by atoms with van der Waals surface area (Å²) in [6, 6.07) is 9.77. The summed E-state index contributed by atoms with van der Waals surface area (Å²) in [6.07, 6.45) is 4.58. The Balaban J connectivity index is 1.47. The molecule has 0 atom stereocenters. The Morgan fingerprint density at radius 2 is 1.88 bits per heavy atom. The Bertz CT molecular complexity index is 1240. The summed E-state index contributed by atoms with van der Waals surface area (Å²) in [6.45, 7) is 4.48. The minimum atomic E-state index is -0.573. The van der Waals surface area contributed by atoms with Gasteiger partial charge in [-0.3, -0.25) is 9.59 Å². The van der Waals surface area contributed by atoms with Gasteiger partial charge in [0.05, 0.1) is 5.52 Å². The third kappa shape index (κ3) is 4.14. The molecule has 0 saturated carbocycles. The molecule has 3 aromatic rings. The molecular formula is C25H27N5O3. The first-order valence-electron chi connectivity index (χ1n) is 11.4. The zero-order chi connectivity index (χ0) is 22.9. The molecule has 33 heavy (non-hydrogen) atoms. The van der Waals surface area contributed by atoms with E-state index >= 15 is 0 Å². The van der Waals surface area contributed by atoms with Crippen molar-refractivity contribution in [3.8, 4) is 0 Å². The quantitative estimate of drug-likeness (QED) is 0.641. The number of aliphatic hydroxyl groups is 1. The van der Waals surface area contributed by atoms with Crippen molar-refractivity contribution in [2.45, 2.75) is 32.7 Å². The van der Waals surface area contributed by atoms with Gasteiger partial charge in [-0.05, 0) is 67.1 Å². The second-order valence-corrected chi connectivity index (χ2v) is 8.75. The normalized spacial score (nSPS) is 15.6. The number of carbonyl (C=O) groups excluding carboxylic acids is 2. The largest absolute Gasteiger partial charge is 0.387 e. The maximum absolute atomic E-state index is 12.9. The molecule has 0 unspecified atom stereocenters. The lowest BCUT2D eigenvalue weighted by molar-refractivity contribution is -0.118. The molecule has 170 valence electrons. The van der Waals surface area contributed by atoms with Gasteiger partial charge in [-0.1, -0.05) is 6.07 Å². The standard InChI is InChI=1S/C25H27N5O3/c1-16-10-20(28-22(32)14-31)12-21-23(16)26-15-27-24(21)30-9-6-17-4-5-18(11-19(17)13-30)25(33)29-7-2-3-8-29/h4-5,10-12,15,31H,2-3,6-9,13-14H2,1H3,(H,28,32). The number of hydrogen-bond donors (Lipinski definition) is 2. The van der Waals surface area contributed by atoms with Crippen LogP contribution in [0.2, 0.25) is 0 Å². The highest BCUT2D eigenvalue weighted by molar-refractivity contribution is 5.98. The molecule has 2 N–H and O–H groups in total. The first-order valence-corrected chi connectivity index (χ1v) is 11.4. The second kappa shape index (κ2) is 8.78. The maximum atomic E-state index is 12.9. The van der Waals surface area contributed by atoms with Crippen LogP contribution in [0.25, 0.3) is 10.9 Å². The maximum Gasteiger partial charge on any atom is 0.253 e. The molecule has 1 saturated heterocycles. The number of nitrogens with zero attached hydrogens (tertiary/aromatic N) is 4. The number of aryl methyl sites for hydroxylation is 1. The summed E-state index contributed by atoms with van der Waals surface area (Å²) in [5, 5.41) is 12.6. The van der Waals surface area contributed by atoms with E-state index in [1.165, 1.54) is 5.56 Å². The SMILES string of the molecule is Cc1cc(NC(=O)CO)cc2c(N3CCc4ccc(C(=O)N5CCCC5)cc4C3)ncnc12. The van der Waals surface area contributed by atoms with Gasteiger partial charge in [-0.2, -0.15) is 0 Å².